The monoisotopic (exact) mass is 217 g/mol. The summed E-state index contributed by atoms with van der Waals surface area (Å²) in [7, 11) is 0. The Morgan fingerprint density at radius 2 is 2.00 bits per heavy atom. The van der Waals surface area contributed by atoms with Crippen LogP contribution < -0.4 is 5.32 Å². The average Bonchev–Trinajstić information content (AvgIpc) is 2.31. The molecule has 0 bridgehead atoms. The minimum atomic E-state index is 0.534. The molecule has 0 saturated carbocycles. The lowest BCUT2D eigenvalue weighted by Crippen LogP contribution is -2.18. The first kappa shape index (κ1) is 12.8. The quantitative estimate of drug-likeness (QED) is 0.495. The Kier molecular flexibility index (Phi) is 6.39. The molecule has 16 heavy (non-hydrogen) atoms. The summed E-state index contributed by atoms with van der Waals surface area (Å²) in [6.07, 6.45) is 8.19. The van der Waals surface area contributed by atoms with Gasteiger partial charge >= 0.3 is 0 Å². The van der Waals surface area contributed by atoms with Crippen LogP contribution >= 0.6 is 0 Å². The van der Waals surface area contributed by atoms with Gasteiger partial charge in [0.15, 0.2) is 0 Å². The molecule has 0 aliphatic carbocycles. The first-order valence-corrected chi connectivity index (χ1v) is 6.29. The van der Waals surface area contributed by atoms with Gasteiger partial charge < -0.3 is 5.32 Å². The van der Waals surface area contributed by atoms with E-state index in [0.29, 0.717) is 6.04 Å². The number of hydrogen-bond acceptors (Lipinski definition) is 1. The van der Waals surface area contributed by atoms with E-state index in [2.05, 4.69) is 43.1 Å². The molecule has 0 radical (unpaired) electrons. The number of benzene rings is 1. The maximum atomic E-state index is 3.83. The molecule has 0 aliphatic heterocycles. The summed E-state index contributed by atoms with van der Waals surface area (Å²) in [5.41, 5.74) is 1.21. The number of para-hydroxylation sites is 1. The number of hydrogen-bond donors (Lipinski definition) is 1. The van der Waals surface area contributed by atoms with Gasteiger partial charge in [0, 0.05) is 11.7 Å². The summed E-state index contributed by atoms with van der Waals surface area (Å²) in [4.78, 5) is 0. The third kappa shape index (κ3) is 5.01. The van der Waals surface area contributed by atoms with Crippen LogP contribution in [0.2, 0.25) is 0 Å². The van der Waals surface area contributed by atoms with Crippen LogP contribution in [-0.4, -0.2) is 6.04 Å². The lowest BCUT2D eigenvalue weighted by atomic mass is 10.1. The Bertz CT molecular complexity index is 279. The number of rotatable bonds is 8. The molecule has 1 aromatic carbocycles. The maximum absolute atomic E-state index is 3.83. The molecule has 1 nitrogen and oxygen atoms in total. The number of nitrogens with one attached hydrogen (secondary N) is 1. The largest absolute Gasteiger partial charge is 0.382 e. The zero-order valence-corrected chi connectivity index (χ0v) is 10.3. The van der Waals surface area contributed by atoms with Crippen molar-refractivity contribution in [3.63, 3.8) is 0 Å². The lowest BCUT2D eigenvalue weighted by Gasteiger charge is -2.18. The summed E-state index contributed by atoms with van der Waals surface area (Å²) in [6, 6.07) is 11.0. The summed E-state index contributed by atoms with van der Waals surface area (Å²) >= 11 is 0. The Hall–Kier alpha value is -1.24. The fraction of sp³-hybridized carbons (Fsp3) is 0.467. The Labute approximate surface area is 99.6 Å². The highest BCUT2D eigenvalue weighted by Crippen LogP contribution is 2.14. The van der Waals surface area contributed by atoms with E-state index in [1.807, 2.05) is 12.1 Å². The second-order valence-corrected chi connectivity index (χ2v) is 4.23. The van der Waals surface area contributed by atoms with Gasteiger partial charge in [-0.3, -0.25) is 0 Å². The van der Waals surface area contributed by atoms with Crippen molar-refractivity contribution in [1.29, 1.82) is 0 Å². The third-order valence-electron chi connectivity index (χ3n) is 2.75. The minimum Gasteiger partial charge on any atom is -0.382 e. The molecule has 0 spiro atoms. The van der Waals surface area contributed by atoms with E-state index in [0.717, 1.165) is 6.42 Å². The molecule has 1 N–H and O–H groups in total. The van der Waals surface area contributed by atoms with E-state index in [1.165, 1.54) is 31.4 Å². The van der Waals surface area contributed by atoms with Crippen molar-refractivity contribution in [1.82, 2.24) is 0 Å². The Balaban J connectivity index is 2.41. The Morgan fingerprint density at radius 1 is 1.25 bits per heavy atom. The highest BCUT2D eigenvalue weighted by molar-refractivity contribution is 5.43. The fourth-order valence-corrected chi connectivity index (χ4v) is 1.86. The van der Waals surface area contributed by atoms with Crippen molar-refractivity contribution in [3.8, 4) is 0 Å². The molecular formula is C15H23N. The van der Waals surface area contributed by atoms with Crippen LogP contribution in [0.15, 0.2) is 43.0 Å². The molecule has 0 heterocycles. The highest BCUT2D eigenvalue weighted by Gasteiger charge is 2.05. The van der Waals surface area contributed by atoms with E-state index in [4.69, 9.17) is 0 Å². The Morgan fingerprint density at radius 3 is 2.62 bits per heavy atom. The van der Waals surface area contributed by atoms with Crippen LogP contribution in [-0.2, 0) is 0 Å². The molecule has 1 heteroatoms. The molecule has 88 valence electrons. The zero-order chi connectivity index (χ0) is 11.6. The van der Waals surface area contributed by atoms with E-state index in [-0.39, 0.29) is 0 Å². The fourth-order valence-electron chi connectivity index (χ4n) is 1.86. The SMILES string of the molecule is C=CCC(CCCCC)Nc1ccccc1. The van der Waals surface area contributed by atoms with Gasteiger partial charge in [-0.1, -0.05) is 50.5 Å². The van der Waals surface area contributed by atoms with E-state index in [1.54, 1.807) is 0 Å². The summed E-state index contributed by atoms with van der Waals surface area (Å²) in [5, 5.41) is 3.57. The van der Waals surface area contributed by atoms with Crippen molar-refractivity contribution < 1.29 is 0 Å². The topological polar surface area (TPSA) is 12.0 Å². The van der Waals surface area contributed by atoms with Crippen molar-refractivity contribution >= 4 is 5.69 Å². The van der Waals surface area contributed by atoms with Crippen molar-refractivity contribution in [3.05, 3.63) is 43.0 Å². The van der Waals surface area contributed by atoms with Gasteiger partial charge in [-0.25, -0.2) is 0 Å². The number of anilines is 1. The van der Waals surface area contributed by atoms with E-state index in [9.17, 15) is 0 Å². The maximum Gasteiger partial charge on any atom is 0.0342 e. The van der Waals surface area contributed by atoms with Gasteiger partial charge in [-0.2, -0.15) is 0 Å². The van der Waals surface area contributed by atoms with Gasteiger partial charge in [0.05, 0.1) is 0 Å². The van der Waals surface area contributed by atoms with Crippen LogP contribution in [0.25, 0.3) is 0 Å². The average molecular weight is 217 g/mol. The highest BCUT2D eigenvalue weighted by atomic mass is 14.9. The van der Waals surface area contributed by atoms with Gasteiger partial charge in [0.2, 0.25) is 0 Å². The molecule has 1 aromatic rings. The van der Waals surface area contributed by atoms with Gasteiger partial charge in [0.25, 0.3) is 0 Å². The lowest BCUT2D eigenvalue weighted by molar-refractivity contribution is 0.590. The first-order chi connectivity index (χ1) is 7.86. The molecule has 1 unspecified atom stereocenters. The molecule has 1 rings (SSSR count). The standard InChI is InChI=1S/C15H23N/c1-3-5-7-11-14(10-4-2)16-15-12-8-6-9-13-15/h4,6,8-9,12-14,16H,2-3,5,7,10-11H2,1H3. The third-order valence-corrected chi connectivity index (χ3v) is 2.75. The second kappa shape index (κ2) is 7.98. The van der Waals surface area contributed by atoms with E-state index < -0.39 is 0 Å². The van der Waals surface area contributed by atoms with Crippen LogP contribution in [0.4, 0.5) is 5.69 Å². The van der Waals surface area contributed by atoms with Gasteiger partial charge in [-0.15, -0.1) is 6.58 Å². The predicted octanol–water partition coefficient (Wildman–Crippen LogP) is 4.62. The summed E-state index contributed by atoms with van der Waals surface area (Å²) < 4.78 is 0. The molecule has 0 fully saturated rings. The summed E-state index contributed by atoms with van der Waals surface area (Å²) in [6.45, 7) is 6.07. The van der Waals surface area contributed by atoms with E-state index >= 15 is 0 Å². The van der Waals surface area contributed by atoms with Crippen molar-refractivity contribution in [2.24, 2.45) is 0 Å². The van der Waals surface area contributed by atoms with Gasteiger partial charge in [-0.05, 0) is 25.0 Å². The van der Waals surface area contributed by atoms with Crippen LogP contribution in [0.5, 0.6) is 0 Å². The molecule has 0 saturated heterocycles. The van der Waals surface area contributed by atoms with Crippen LogP contribution in [0.1, 0.15) is 39.0 Å². The van der Waals surface area contributed by atoms with Crippen molar-refractivity contribution in [2.45, 2.75) is 45.1 Å². The van der Waals surface area contributed by atoms with Gasteiger partial charge in [0.1, 0.15) is 0 Å². The van der Waals surface area contributed by atoms with Crippen LogP contribution in [0, 0.1) is 0 Å². The molecule has 0 aliphatic rings. The normalized spacial score (nSPS) is 12.1. The number of unbranched alkanes of at least 4 members (excludes halogenated alkanes) is 2. The minimum absolute atomic E-state index is 0.534. The molecule has 0 amide bonds. The van der Waals surface area contributed by atoms with Crippen molar-refractivity contribution in [2.75, 3.05) is 5.32 Å². The molecular weight excluding hydrogens is 194 g/mol. The predicted molar refractivity (Wildman–Crippen MR) is 72.8 cm³/mol. The molecule has 0 aromatic heterocycles. The van der Waals surface area contributed by atoms with Crippen LogP contribution in [0.3, 0.4) is 0 Å². The first-order valence-electron chi connectivity index (χ1n) is 6.29. The smallest absolute Gasteiger partial charge is 0.0342 e. The summed E-state index contributed by atoms with van der Waals surface area (Å²) in [5.74, 6) is 0. The zero-order valence-electron chi connectivity index (χ0n) is 10.3. The molecule has 1 atom stereocenters. The second-order valence-electron chi connectivity index (χ2n) is 4.23.